The fourth-order valence-corrected chi connectivity index (χ4v) is 2.13. The van der Waals surface area contributed by atoms with Crippen molar-refractivity contribution in [2.45, 2.75) is 53.0 Å². The minimum atomic E-state index is 0.575. The van der Waals surface area contributed by atoms with Gasteiger partial charge in [0.1, 0.15) is 0 Å². The zero-order valence-corrected chi connectivity index (χ0v) is 8.98. The van der Waals surface area contributed by atoms with Crippen molar-refractivity contribution in [3.8, 4) is 0 Å². The highest BCUT2D eigenvalue weighted by Crippen LogP contribution is 2.39. The van der Waals surface area contributed by atoms with Gasteiger partial charge in [0.15, 0.2) is 0 Å². The highest BCUT2D eigenvalue weighted by molar-refractivity contribution is 4.86. The fourth-order valence-electron chi connectivity index (χ4n) is 2.13. The topological polar surface area (TPSA) is 12.0 Å². The van der Waals surface area contributed by atoms with E-state index in [1.807, 2.05) is 0 Å². The largest absolute Gasteiger partial charge is 0.314 e. The average Bonchev–Trinajstić information content (AvgIpc) is 1.98. The molecule has 0 saturated heterocycles. The Labute approximate surface area is 76.9 Å². The molecule has 0 radical (unpaired) electrons. The second kappa shape index (κ2) is 3.78. The van der Waals surface area contributed by atoms with E-state index in [0.717, 1.165) is 18.5 Å². The molecule has 1 nitrogen and oxygen atoms in total. The molecule has 0 aromatic heterocycles. The van der Waals surface area contributed by atoms with Crippen LogP contribution in [0.1, 0.15) is 47.0 Å². The number of nitrogens with one attached hydrogen (secondary N) is 1. The van der Waals surface area contributed by atoms with E-state index in [1.165, 1.54) is 19.3 Å². The van der Waals surface area contributed by atoms with Gasteiger partial charge in [-0.25, -0.2) is 0 Å². The molecule has 0 aliphatic heterocycles. The maximum Gasteiger partial charge on any atom is 0.00698 e. The van der Waals surface area contributed by atoms with Gasteiger partial charge in [-0.3, -0.25) is 0 Å². The summed E-state index contributed by atoms with van der Waals surface area (Å²) in [5.41, 5.74) is 0.575. The Morgan fingerprint density at radius 3 is 2.58 bits per heavy atom. The van der Waals surface area contributed by atoms with Gasteiger partial charge in [-0.1, -0.05) is 27.7 Å². The lowest BCUT2D eigenvalue weighted by Gasteiger charge is -2.40. The minimum Gasteiger partial charge on any atom is -0.314 e. The predicted octanol–water partition coefficient (Wildman–Crippen LogP) is 2.81. The molecule has 1 rings (SSSR count). The first-order chi connectivity index (χ1) is 5.56. The summed E-state index contributed by atoms with van der Waals surface area (Å²) in [6.07, 6.45) is 4.11. The van der Waals surface area contributed by atoms with Crippen LogP contribution in [-0.4, -0.2) is 12.6 Å². The Kier molecular flexibility index (Phi) is 3.16. The van der Waals surface area contributed by atoms with Crippen LogP contribution in [-0.2, 0) is 0 Å². The summed E-state index contributed by atoms with van der Waals surface area (Å²) in [6.45, 7) is 10.5. The Hall–Kier alpha value is -0.0400. The molecule has 0 spiro atoms. The highest BCUT2D eigenvalue weighted by atomic mass is 14.9. The lowest BCUT2D eigenvalue weighted by atomic mass is 9.68. The molecule has 0 heterocycles. The third-order valence-electron chi connectivity index (χ3n) is 3.60. The van der Waals surface area contributed by atoms with Gasteiger partial charge in [0.25, 0.3) is 0 Å². The standard InChI is InChI=1S/C11H23N/c1-5-12-10-6-7-11(3,4)9(2)8-10/h9-10,12H,5-8H2,1-4H3/t9-,10+/m0/s1. The molecule has 2 atom stereocenters. The molecule has 1 N–H and O–H groups in total. The molecule has 1 aliphatic carbocycles. The third-order valence-corrected chi connectivity index (χ3v) is 3.60. The van der Waals surface area contributed by atoms with Gasteiger partial charge in [-0.15, -0.1) is 0 Å². The Bertz CT molecular complexity index is 140. The average molecular weight is 169 g/mol. The van der Waals surface area contributed by atoms with Crippen molar-refractivity contribution >= 4 is 0 Å². The molecule has 1 fully saturated rings. The molecule has 72 valence electrons. The Morgan fingerprint density at radius 1 is 1.42 bits per heavy atom. The van der Waals surface area contributed by atoms with Crippen molar-refractivity contribution in [1.29, 1.82) is 0 Å². The third kappa shape index (κ3) is 2.22. The van der Waals surface area contributed by atoms with E-state index in [9.17, 15) is 0 Å². The van der Waals surface area contributed by atoms with E-state index in [2.05, 4.69) is 33.0 Å². The van der Waals surface area contributed by atoms with Gasteiger partial charge < -0.3 is 5.32 Å². The molecule has 12 heavy (non-hydrogen) atoms. The zero-order valence-electron chi connectivity index (χ0n) is 8.98. The summed E-state index contributed by atoms with van der Waals surface area (Å²) in [5.74, 6) is 0.871. The number of hydrogen-bond acceptors (Lipinski definition) is 1. The summed E-state index contributed by atoms with van der Waals surface area (Å²) in [7, 11) is 0. The van der Waals surface area contributed by atoms with Crippen molar-refractivity contribution in [3.05, 3.63) is 0 Å². The summed E-state index contributed by atoms with van der Waals surface area (Å²) in [4.78, 5) is 0. The summed E-state index contributed by atoms with van der Waals surface area (Å²) >= 11 is 0. The molecule has 1 saturated carbocycles. The molecule has 0 aromatic carbocycles. The van der Waals surface area contributed by atoms with E-state index < -0.39 is 0 Å². The first-order valence-corrected chi connectivity index (χ1v) is 5.29. The van der Waals surface area contributed by atoms with Gasteiger partial charge in [0.2, 0.25) is 0 Å². The molecule has 1 aliphatic rings. The summed E-state index contributed by atoms with van der Waals surface area (Å²) < 4.78 is 0. The van der Waals surface area contributed by atoms with Gasteiger partial charge in [0, 0.05) is 6.04 Å². The minimum absolute atomic E-state index is 0.575. The van der Waals surface area contributed by atoms with Crippen LogP contribution in [0.5, 0.6) is 0 Å². The molecule has 0 aromatic rings. The lowest BCUT2D eigenvalue weighted by molar-refractivity contribution is 0.127. The maximum absolute atomic E-state index is 3.55. The molecule has 0 bridgehead atoms. The normalized spacial score (nSPS) is 35.0. The Morgan fingerprint density at radius 2 is 2.08 bits per heavy atom. The summed E-state index contributed by atoms with van der Waals surface area (Å²) in [6, 6.07) is 0.790. The predicted molar refractivity (Wildman–Crippen MR) is 54.3 cm³/mol. The van der Waals surface area contributed by atoms with Gasteiger partial charge in [-0.2, -0.15) is 0 Å². The quantitative estimate of drug-likeness (QED) is 0.670. The van der Waals surface area contributed by atoms with Crippen molar-refractivity contribution in [2.75, 3.05) is 6.54 Å². The van der Waals surface area contributed by atoms with Crippen LogP contribution in [0.4, 0.5) is 0 Å². The SMILES string of the molecule is CCN[C@@H]1CCC(C)(C)[C@@H](C)C1. The van der Waals surface area contributed by atoms with Crippen molar-refractivity contribution in [3.63, 3.8) is 0 Å². The van der Waals surface area contributed by atoms with E-state index in [1.54, 1.807) is 0 Å². The van der Waals surface area contributed by atoms with Crippen molar-refractivity contribution in [1.82, 2.24) is 5.32 Å². The van der Waals surface area contributed by atoms with Crippen molar-refractivity contribution < 1.29 is 0 Å². The van der Waals surface area contributed by atoms with Gasteiger partial charge in [0.05, 0.1) is 0 Å². The van der Waals surface area contributed by atoms with E-state index >= 15 is 0 Å². The van der Waals surface area contributed by atoms with Crippen LogP contribution < -0.4 is 5.32 Å². The number of hydrogen-bond donors (Lipinski definition) is 1. The maximum atomic E-state index is 3.55. The second-order valence-electron chi connectivity index (χ2n) is 4.92. The van der Waals surface area contributed by atoms with E-state index in [0.29, 0.717) is 5.41 Å². The molecule has 0 unspecified atom stereocenters. The molecular formula is C11H23N. The monoisotopic (exact) mass is 169 g/mol. The van der Waals surface area contributed by atoms with E-state index in [-0.39, 0.29) is 0 Å². The fraction of sp³-hybridized carbons (Fsp3) is 1.00. The van der Waals surface area contributed by atoms with Gasteiger partial charge in [-0.05, 0) is 37.1 Å². The summed E-state index contributed by atoms with van der Waals surface area (Å²) in [5, 5.41) is 3.55. The molecule has 0 amide bonds. The molecule has 1 heteroatoms. The zero-order chi connectivity index (χ0) is 9.19. The van der Waals surface area contributed by atoms with Crippen LogP contribution in [0.25, 0.3) is 0 Å². The first-order valence-electron chi connectivity index (χ1n) is 5.29. The van der Waals surface area contributed by atoms with Crippen LogP contribution in [0.15, 0.2) is 0 Å². The van der Waals surface area contributed by atoms with Gasteiger partial charge >= 0.3 is 0 Å². The highest BCUT2D eigenvalue weighted by Gasteiger charge is 2.32. The van der Waals surface area contributed by atoms with Crippen LogP contribution >= 0.6 is 0 Å². The second-order valence-corrected chi connectivity index (χ2v) is 4.92. The van der Waals surface area contributed by atoms with E-state index in [4.69, 9.17) is 0 Å². The van der Waals surface area contributed by atoms with Crippen LogP contribution in [0.3, 0.4) is 0 Å². The van der Waals surface area contributed by atoms with Crippen LogP contribution in [0, 0.1) is 11.3 Å². The molecular weight excluding hydrogens is 146 g/mol. The van der Waals surface area contributed by atoms with Crippen LogP contribution in [0.2, 0.25) is 0 Å². The lowest BCUT2D eigenvalue weighted by Crippen LogP contribution is -2.40. The Balaban J connectivity index is 2.41. The van der Waals surface area contributed by atoms with Crippen molar-refractivity contribution in [2.24, 2.45) is 11.3 Å². The number of rotatable bonds is 2. The smallest absolute Gasteiger partial charge is 0.00698 e. The first kappa shape index (κ1) is 10.0.